The molecule has 0 radical (unpaired) electrons. The second-order valence-corrected chi connectivity index (χ2v) is 5.80. The van der Waals surface area contributed by atoms with E-state index >= 15 is 0 Å². The van der Waals surface area contributed by atoms with Gasteiger partial charge in [0, 0.05) is 6.20 Å². The maximum atomic E-state index is 12.3. The number of hydrogen-bond donors (Lipinski definition) is 2. The molecule has 0 aliphatic heterocycles. The fourth-order valence-electron chi connectivity index (χ4n) is 1.71. The highest BCUT2D eigenvalue weighted by Gasteiger charge is 2.19. The quantitative estimate of drug-likeness (QED) is 0.724. The van der Waals surface area contributed by atoms with Crippen molar-refractivity contribution < 1.29 is 8.42 Å². The molecule has 0 saturated heterocycles. The molecule has 0 bridgehead atoms. The Bertz CT molecular complexity index is 854. The van der Waals surface area contributed by atoms with E-state index < -0.39 is 10.0 Å². The first-order chi connectivity index (χ1) is 10.1. The van der Waals surface area contributed by atoms with Crippen LogP contribution in [0.25, 0.3) is 5.82 Å². The third-order valence-corrected chi connectivity index (χ3v) is 3.91. The molecular weight excluding hydrogens is 294 g/mol. The molecule has 108 valence electrons. The lowest BCUT2D eigenvalue weighted by Gasteiger charge is -2.10. The summed E-state index contributed by atoms with van der Waals surface area (Å²) < 4.78 is 28.4. The van der Waals surface area contributed by atoms with Crippen LogP contribution in [0.3, 0.4) is 0 Å². The number of rotatable bonds is 4. The smallest absolute Gasteiger partial charge is 0.279 e. The number of H-pyrrole nitrogens is 1. The second kappa shape index (κ2) is 4.98. The Morgan fingerprint density at radius 2 is 2.19 bits per heavy atom. The molecule has 0 saturated carbocycles. The highest BCUT2D eigenvalue weighted by Crippen LogP contribution is 2.19. The van der Waals surface area contributed by atoms with Gasteiger partial charge in [-0.25, -0.2) is 19.6 Å². The van der Waals surface area contributed by atoms with Gasteiger partial charge in [0.1, 0.15) is 18.5 Å². The van der Waals surface area contributed by atoms with Crippen LogP contribution in [0.15, 0.2) is 42.2 Å². The lowest BCUT2D eigenvalue weighted by atomic mass is 10.4. The van der Waals surface area contributed by atoms with E-state index in [1.807, 2.05) is 0 Å². The first-order valence-corrected chi connectivity index (χ1v) is 7.39. The number of aryl methyl sites for hydroxylation is 1. The maximum absolute atomic E-state index is 12.3. The average molecular weight is 305 g/mol. The number of hydrogen-bond acceptors (Lipinski definition) is 6. The van der Waals surface area contributed by atoms with Crippen LogP contribution in [-0.4, -0.2) is 38.1 Å². The number of pyridine rings is 1. The molecule has 9 nitrogen and oxygen atoms in total. The van der Waals surface area contributed by atoms with Crippen molar-refractivity contribution in [3.63, 3.8) is 0 Å². The van der Waals surface area contributed by atoms with E-state index in [2.05, 4.69) is 29.8 Å². The van der Waals surface area contributed by atoms with Crippen LogP contribution >= 0.6 is 0 Å². The van der Waals surface area contributed by atoms with E-state index in [1.165, 1.54) is 29.7 Å². The third kappa shape index (κ3) is 2.60. The summed E-state index contributed by atoms with van der Waals surface area (Å²) in [7, 11) is -3.78. The van der Waals surface area contributed by atoms with E-state index in [-0.39, 0.29) is 10.7 Å². The third-order valence-electron chi connectivity index (χ3n) is 2.64. The zero-order valence-corrected chi connectivity index (χ0v) is 11.7. The highest BCUT2D eigenvalue weighted by atomic mass is 32.2. The molecule has 0 spiro atoms. The molecule has 21 heavy (non-hydrogen) atoms. The van der Waals surface area contributed by atoms with E-state index in [0.29, 0.717) is 11.6 Å². The Hall–Kier alpha value is -2.75. The lowest BCUT2D eigenvalue weighted by molar-refractivity contribution is 0.598. The molecule has 3 rings (SSSR count). The predicted molar refractivity (Wildman–Crippen MR) is 73.3 cm³/mol. The summed E-state index contributed by atoms with van der Waals surface area (Å²) in [6, 6.07) is 3.21. The van der Waals surface area contributed by atoms with Crippen LogP contribution in [0, 0.1) is 6.92 Å². The lowest BCUT2D eigenvalue weighted by Crippen LogP contribution is -2.16. The van der Waals surface area contributed by atoms with Crippen molar-refractivity contribution in [3.05, 3.63) is 43.0 Å². The summed E-state index contributed by atoms with van der Waals surface area (Å²) in [5.74, 6) is 0.841. The highest BCUT2D eigenvalue weighted by molar-refractivity contribution is 7.92. The normalized spacial score (nSPS) is 11.5. The minimum atomic E-state index is -3.78. The van der Waals surface area contributed by atoms with Crippen LogP contribution in [0.2, 0.25) is 0 Å². The largest absolute Gasteiger partial charge is 0.332 e. The minimum Gasteiger partial charge on any atom is -0.332 e. The van der Waals surface area contributed by atoms with Gasteiger partial charge in [0.15, 0.2) is 10.8 Å². The maximum Gasteiger partial charge on any atom is 0.279 e. The molecule has 0 amide bonds. The van der Waals surface area contributed by atoms with E-state index in [1.54, 1.807) is 19.1 Å². The molecule has 0 fully saturated rings. The topological polar surface area (TPSA) is 118 Å². The van der Waals surface area contributed by atoms with Crippen molar-refractivity contribution in [2.24, 2.45) is 0 Å². The minimum absolute atomic E-state index is 0.0200. The van der Waals surface area contributed by atoms with Crippen molar-refractivity contribution in [1.82, 2.24) is 29.7 Å². The molecule has 0 atom stereocenters. The zero-order chi connectivity index (χ0) is 14.9. The van der Waals surface area contributed by atoms with Gasteiger partial charge in [-0.05, 0) is 19.1 Å². The van der Waals surface area contributed by atoms with Crippen molar-refractivity contribution in [2.75, 3.05) is 4.72 Å². The van der Waals surface area contributed by atoms with E-state index in [9.17, 15) is 8.42 Å². The van der Waals surface area contributed by atoms with Crippen LogP contribution < -0.4 is 4.72 Å². The van der Waals surface area contributed by atoms with E-state index in [4.69, 9.17) is 0 Å². The first kappa shape index (κ1) is 13.2. The van der Waals surface area contributed by atoms with Gasteiger partial charge in [0.2, 0.25) is 0 Å². The fourth-order valence-corrected chi connectivity index (χ4v) is 2.74. The summed E-state index contributed by atoms with van der Waals surface area (Å²) in [5, 5.41) is 3.92. The van der Waals surface area contributed by atoms with Crippen molar-refractivity contribution >= 4 is 15.7 Å². The Labute approximate surface area is 120 Å². The summed E-state index contributed by atoms with van der Waals surface area (Å²) in [5.41, 5.74) is 0.287. The molecule has 3 heterocycles. The average Bonchev–Trinajstić information content (AvgIpc) is 3.10. The van der Waals surface area contributed by atoms with Crippen molar-refractivity contribution in [2.45, 2.75) is 11.9 Å². The van der Waals surface area contributed by atoms with Gasteiger partial charge in [-0.2, -0.15) is 13.5 Å². The van der Waals surface area contributed by atoms with Crippen LogP contribution in [-0.2, 0) is 10.0 Å². The summed E-state index contributed by atoms with van der Waals surface area (Å²) in [4.78, 5) is 14.5. The molecule has 10 heteroatoms. The van der Waals surface area contributed by atoms with Crippen molar-refractivity contribution in [3.8, 4) is 5.82 Å². The molecule has 0 aliphatic rings. The number of nitrogens with zero attached hydrogens (tertiary/aromatic N) is 5. The Balaban J connectivity index is 1.99. The van der Waals surface area contributed by atoms with Crippen LogP contribution in [0.5, 0.6) is 0 Å². The zero-order valence-electron chi connectivity index (χ0n) is 10.9. The first-order valence-electron chi connectivity index (χ1n) is 5.91. The van der Waals surface area contributed by atoms with E-state index in [0.717, 1.165) is 0 Å². The SMILES string of the molecule is Cc1ncc(S(=O)(=O)Nc2cccnc2-n2cncn2)[nH]1. The monoisotopic (exact) mass is 305 g/mol. The molecule has 0 unspecified atom stereocenters. The Morgan fingerprint density at radius 1 is 1.33 bits per heavy atom. The Morgan fingerprint density at radius 3 is 2.86 bits per heavy atom. The van der Waals surface area contributed by atoms with Crippen LogP contribution in [0.4, 0.5) is 5.69 Å². The summed E-state index contributed by atoms with van der Waals surface area (Å²) in [6.45, 7) is 1.67. The van der Waals surface area contributed by atoms with Gasteiger partial charge in [0.25, 0.3) is 10.0 Å². The molecule has 0 aromatic carbocycles. The van der Waals surface area contributed by atoms with Gasteiger partial charge in [-0.1, -0.05) is 0 Å². The van der Waals surface area contributed by atoms with Gasteiger partial charge in [-0.15, -0.1) is 0 Å². The standard InChI is InChI=1S/C11H11N7O2S/c1-8-14-5-10(16-8)21(19,20)17-9-3-2-4-13-11(9)18-7-12-6-15-18/h2-7,17H,1H3,(H,14,16). The van der Waals surface area contributed by atoms with Crippen LogP contribution in [0.1, 0.15) is 5.82 Å². The van der Waals surface area contributed by atoms with Gasteiger partial charge < -0.3 is 4.98 Å². The summed E-state index contributed by atoms with van der Waals surface area (Å²) in [6.07, 6.45) is 5.56. The number of aromatic amines is 1. The molecule has 2 N–H and O–H groups in total. The molecule has 3 aromatic rings. The molecule has 0 aliphatic carbocycles. The second-order valence-electron chi connectivity index (χ2n) is 4.15. The molecular formula is C11H11N7O2S. The van der Waals surface area contributed by atoms with Gasteiger partial charge in [0.05, 0.1) is 11.9 Å². The van der Waals surface area contributed by atoms with Gasteiger partial charge >= 0.3 is 0 Å². The number of imidazole rings is 1. The predicted octanol–water partition coefficient (Wildman–Crippen LogP) is 0.495. The number of aromatic nitrogens is 6. The fraction of sp³-hybridized carbons (Fsp3) is 0.0909. The van der Waals surface area contributed by atoms with Crippen molar-refractivity contribution in [1.29, 1.82) is 0 Å². The van der Waals surface area contributed by atoms with Gasteiger partial charge in [-0.3, -0.25) is 4.72 Å². The number of anilines is 1. The number of sulfonamides is 1. The number of nitrogens with one attached hydrogen (secondary N) is 2. The summed E-state index contributed by atoms with van der Waals surface area (Å²) >= 11 is 0. The Kier molecular flexibility index (Phi) is 3.14. The molecule has 3 aromatic heterocycles.